The molecule has 4 N–H and O–H groups in total. The van der Waals surface area contributed by atoms with Crippen LogP contribution in [0.5, 0.6) is 0 Å². The van der Waals surface area contributed by atoms with E-state index in [0.29, 0.717) is 11.3 Å². The number of carbonyl (C=O) groups is 3. The fourth-order valence-electron chi connectivity index (χ4n) is 3.99. The molecule has 0 radical (unpaired) electrons. The molecule has 0 saturated carbocycles. The summed E-state index contributed by atoms with van der Waals surface area (Å²) in [5.74, 6) is -3.02. The van der Waals surface area contributed by atoms with Gasteiger partial charge in [0, 0.05) is 24.2 Å². The molecule has 0 aromatic heterocycles. The molecule has 9 nitrogen and oxygen atoms in total. The Labute approximate surface area is 248 Å². The summed E-state index contributed by atoms with van der Waals surface area (Å²) >= 11 is 12.2. The van der Waals surface area contributed by atoms with Crippen molar-refractivity contribution in [1.82, 2.24) is 10.6 Å². The second-order valence-corrected chi connectivity index (χ2v) is 10.0. The fraction of sp³-hybridized carbons (Fsp3) is 0.172. The molecule has 0 fully saturated rings. The number of carbonyl (C=O) groups excluding carboxylic acids is 3. The van der Waals surface area contributed by atoms with E-state index >= 15 is 0 Å². The van der Waals surface area contributed by atoms with Gasteiger partial charge in [0.1, 0.15) is 17.7 Å². The molecule has 3 aromatic rings. The molecule has 3 amide bonds. The summed E-state index contributed by atoms with van der Waals surface area (Å²) in [6, 6.07) is 20.5. The molecule has 0 aliphatic heterocycles. The first kappa shape index (κ1) is 31.4. The number of hydrogen-bond donors (Lipinski definition) is 4. The Hall–Kier alpha value is -4.14. The molecule has 41 heavy (non-hydrogen) atoms. The number of amides is 3. The van der Waals surface area contributed by atoms with Crippen LogP contribution in [0.2, 0.25) is 10.0 Å². The first-order valence-electron chi connectivity index (χ1n) is 12.4. The Morgan fingerprint density at radius 2 is 1.66 bits per heavy atom. The molecule has 0 saturated heterocycles. The predicted octanol–water partition coefficient (Wildman–Crippen LogP) is 3.12. The van der Waals surface area contributed by atoms with Crippen LogP contribution in [0.25, 0.3) is 0 Å². The second kappa shape index (κ2) is 14.5. The maximum absolute atomic E-state index is 13.5. The zero-order chi connectivity index (χ0) is 30.1. The van der Waals surface area contributed by atoms with E-state index in [-0.39, 0.29) is 34.0 Å². The number of rotatable bonds is 11. The SMILES string of the molecule is C=C(C#N)C(=O)N(C)c1cccc(C[C@H](NC(=O)c2cc(Cl)ccc2Cl)C(=O)N[C@@H](Cc2ccccc2)B(O)O)c1. The van der Waals surface area contributed by atoms with E-state index in [4.69, 9.17) is 28.5 Å². The van der Waals surface area contributed by atoms with E-state index in [9.17, 15) is 24.4 Å². The number of likely N-dealkylation sites (N-methyl/N-ethyl adjacent to an activating group) is 1. The lowest BCUT2D eigenvalue weighted by atomic mass is 9.75. The predicted molar refractivity (Wildman–Crippen MR) is 158 cm³/mol. The summed E-state index contributed by atoms with van der Waals surface area (Å²) in [6.45, 7) is 3.45. The van der Waals surface area contributed by atoms with Gasteiger partial charge >= 0.3 is 7.12 Å². The van der Waals surface area contributed by atoms with Crippen molar-refractivity contribution in [3.05, 3.63) is 112 Å². The lowest BCUT2D eigenvalue weighted by Crippen LogP contribution is -2.55. The van der Waals surface area contributed by atoms with Gasteiger partial charge in [0.25, 0.3) is 11.8 Å². The number of anilines is 1. The normalized spacial score (nSPS) is 11.9. The van der Waals surface area contributed by atoms with Gasteiger partial charge in [-0.1, -0.05) is 72.2 Å². The minimum atomic E-state index is -1.88. The number of halogens is 2. The highest BCUT2D eigenvalue weighted by atomic mass is 35.5. The van der Waals surface area contributed by atoms with Gasteiger partial charge < -0.3 is 25.6 Å². The molecule has 0 aliphatic carbocycles. The molecule has 0 bridgehead atoms. The molecule has 3 aromatic carbocycles. The van der Waals surface area contributed by atoms with Crippen LogP contribution in [0.3, 0.4) is 0 Å². The molecular formula is C29H27BCl2N4O5. The van der Waals surface area contributed by atoms with E-state index < -0.39 is 36.8 Å². The molecular weight excluding hydrogens is 566 g/mol. The third kappa shape index (κ3) is 8.67. The Kier molecular flexibility index (Phi) is 11.1. The number of nitriles is 1. The van der Waals surface area contributed by atoms with Crippen LogP contribution in [-0.2, 0) is 22.4 Å². The van der Waals surface area contributed by atoms with Crippen molar-refractivity contribution < 1.29 is 24.4 Å². The van der Waals surface area contributed by atoms with Crippen LogP contribution in [-0.4, -0.2) is 53.9 Å². The molecule has 0 aliphatic rings. The molecule has 12 heteroatoms. The van der Waals surface area contributed by atoms with Gasteiger partial charge in [-0.05, 0) is 47.9 Å². The maximum Gasteiger partial charge on any atom is 0.475 e. The highest BCUT2D eigenvalue weighted by Crippen LogP contribution is 2.22. The summed E-state index contributed by atoms with van der Waals surface area (Å²) < 4.78 is 0. The third-order valence-corrected chi connectivity index (χ3v) is 6.78. The number of benzene rings is 3. The van der Waals surface area contributed by atoms with Crippen molar-refractivity contribution in [2.45, 2.75) is 24.8 Å². The minimum Gasteiger partial charge on any atom is -0.426 e. The molecule has 2 atom stereocenters. The standard InChI is InChI=1S/C29H27BCl2N4O5/c1-18(17-33)29(39)36(2)22-10-6-9-20(13-22)14-25(34-27(37)23-16-21(31)11-12-24(23)32)28(38)35-26(30(40)41)15-19-7-4-3-5-8-19/h3-13,16,25-26,40-41H,1,14-15H2,2H3,(H,34,37)(H,35,38)/t25-,26-/m0/s1. The van der Waals surface area contributed by atoms with Crippen LogP contribution < -0.4 is 15.5 Å². The maximum atomic E-state index is 13.5. The van der Waals surface area contributed by atoms with Gasteiger partial charge in [0.2, 0.25) is 5.91 Å². The van der Waals surface area contributed by atoms with Crippen molar-refractivity contribution in [1.29, 1.82) is 5.26 Å². The second-order valence-electron chi connectivity index (χ2n) is 9.20. The van der Waals surface area contributed by atoms with E-state index in [1.807, 2.05) is 6.07 Å². The molecule has 210 valence electrons. The van der Waals surface area contributed by atoms with E-state index in [1.165, 1.54) is 30.1 Å². The Bertz CT molecular complexity index is 1480. The lowest BCUT2D eigenvalue weighted by molar-refractivity contribution is -0.123. The number of nitrogens with one attached hydrogen (secondary N) is 2. The van der Waals surface area contributed by atoms with Crippen LogP contribution in [0.1, 0.15) is 21.5 Å². The first-order chi connectivity index (χ1) is 19.5. The number of nitrogens with zero attached hydrogens (tertiary/aromatic N) is 2. The van der Waals surface area contributed by atoms with E-state index in [0.717, 1.165) is 5.56 Å². The van der Waals surface area contributed by atoms with Gasteiger partial charge in [0.15, 0.2) is 0 Å². The zero-order valence-corrected chi connectivity index (χ0v) is 23.6. The smallest absolute Gasteiger partial charge is 0.426 e. The highest BCUT2D eigenvalue weighted by Gasteiger charge is 2.30. The molecule has 0 spiro atoms. The van der Waals surface area contributed by atoms with Crippen molar-refractivity contribution >= 4 is 53.7 Å². The van der Waals surface area contributed by atoms with Crippen LogP contribution >= 0.6 is 23.2 Å². The van der Waals surface area contributed by atoms with Gasteiger partial charge in [-0.15, -0.1) is 0 Å². The Morgan fingerprint density at radius 3 is 2.32 bits per heavy atom. The summed E-state index contributed by atoms with van der Waals surface area (Å²) in [6.07, 6.45) is 0.0839. The first-order valence-corrected chi connectivity index (χ1v) is 13.2. The molecule has 0 heterocycles. The average molecular weight is 593 g/mol. The summed E-state index contributed by atoms with van der Waals surface area (Å²) in [5.41, 5.74) is 1.56. The number of hydrogen-bond acceptors (Lipinski definition) is 6. The van der Waals surface area contributed by atoms with Crippen LogP contribution in [0.4, 0.5) is 5.69 Å². The summed E-state index contributed by atoms with van der Waals surface area (Å²) in [4.78, 5) is 40.4. The largest absolute Gasteiger partial charge is 0.475 e. The quantitative estimate of drug-likeness (QED) is 0.153. The lowest BCUT2D eigenvalue weighted by Gasteiger charge is -2.24. The van der Waals surface area contributed by atoms with Crippen molar-refractivity contribution in [2.24, 2.45) is 0 Å². The van der Waals surface area contributed by atoms with Gasteiger partial charge in [-0.2, -0.15) is 5.26 Å². The minimum absolute atomic E-state index is 0.0373. The van der Waals surface area contributed by atoms with Crippen molar-refractivity contribution in [3.63, 3.8) is 0 Å². The zero-order valence-electron chi connectivity index (χ0n) is 22.1. The Balaban J connectivity index is 1.90. The van der Waals surface area contributed by atoms with Crippen molar-refractivity contribution in [2.75, 3.05) is 11.9 Å². The Morgan fingerprint density at radius 1 is 0.976 bits per heavy atom. The van der Waals surface area contributed by atoms with Gasteiger partial charge in [-0.3, -0.25) is 14.4 Å². The molecule has 0 unspecified atom stereocenters. The van der Waals surface area contributed by atoms with Crippen LogP contribution in [0.15, 0.2) is 84.9 Å². The highest BCUT2D eigenvalue weighted by molar-refractivity contribution is 6.43. The summed E-state index contributed by atoms with van der Waals surface area (Å²) in [7, 11) is -0.400. The molecule has 3 rings (SSSR count). The van der Waals surface area contributed by atoms with Gasteiger partial charge in [0.05, 0.1) is 16.5 Å². The summed E-state index contributed by atoms with van der Waals surface area (Å²) in [5, 5.41) is 34.7. The third-order valence-electron chi connectivity index (χ3n) is 6.22. The van der Waals surface area contributed by atoms with Crippen LogP contribution in [0, 0.1) is 11.3 Å². The average Bonchev–Trinajstić information content (AvgIpc) is 2.96. The van der Waals surface area contributed by atoms with E-state index in [2.05, 4.69) is 17.2 Å². The van der Waals surface area contributed by atoms with Crippen molar-refractivity contribution in [3.8, 4) is 6.07 Å². The van der Waals surface area contributed by atoms with Gasteiger partial charge in [-0.25, -0.2) is 0 Å². The topological polar surface area (TPSA) is 143 Å². The monoisotopic (exact) mass is 592 g/mol. The van der Waals surface area contributed by atoms with E-state index in [1.54, 1.807) is 54.6 Å². The fourth-order valence-corrected chi connectivity index (χ4v) is 4.37.